The Kier molecular flexibility index (Phi) is 6.45. The Morgan fingerprint density at radius 2 is 1.93 bits per heavy atom. The maximum atomic E-state index is 12.7. The largest absolute Gasteiger partial charge is 0.416 e. The third kappa shape index (κ3) is 5.18. The summed E-state index contributed by atoms with van der Waals surface area (Å²) in [6, 6.07) is 12.6. The van der Waals surface area contributed by atoms with Gasteiger partial charge in [-0.2, -0.15) is 22.7 Å². The van der Waals surface area contributed by atoms with Crippen molar-refractivity contribution in [1.29, 1.82) is 5.26 Å². The van der Waals surface area contributed by atoms with Crippen LogP contribution in [0.25, 0.3) is 0 Å². The molecule has 0 unspecified atom stereocenters. The van der Waals surface area contributed by atoms with Gasteiger partial charge in [0.05, 0.1) is 28.7 Å². The lowest BCUT2D eigenvalue weighted by molar-refractivity contribution is -0.137. The van der Waals surface area contributed by atoms with Crippen molar-refractivity contribution in [2.24, 2.45) is 0 Å². The van der Waals surface area contributed by atoms with Gasteiger partial charge >= 0.3 is 6.18 Å². The van der Waals surface area contributed by atoms with E-state index >= 15 is 0 Å². The van der Waals surface area contributed by atoms with Gasteiger partial charge in [0.1, 0.15) is 0 Å². The Morgan fingerprint density at radius 1 is 1.17 bits per heavy atom. The van der Waals surface area contributed by atoms with E-state index in [-0.39, 0.29) is 30.2 Å². The van der Waals surface area contributed by atoms with Gasteiger partial charge in [-0.3, -0.25) is 10.3 Å². The minimum absolute atomic E-state index is 0.0483. The number of alkyl halides is 3. The molecule has 1 N–H and O–H groups in total. The molecule has 10 heteroatoms. The molecule has 0 saturated heterocycles. The highest BCUT2D eigenvalue weighted by Gasteiger charge is 2.30. The van der Waals surface area contributed by atoms with Gasteiger partial charge < -0.3 is 0 Å². The molecule has 2 aromatic carbocycles. The van der Waals surface area contributed by atoms with E-state index in [4.69, 9.17) is 10.1 Å². The first-order valence-electron chi connectivity index (χ1n) is 8.93. The number of hydrogen-bond donors (Lipinski definition) is 1. The molecule has 0 atom stereocenters. The van der Waals surface area contributed by atoms with Gasteiger partial charge in [0, 0.05) is 25.2 Å². The molecule has 0 fully saturated rings. The Bertz CT molecular complexity index is 1090. The molecule has 0 aliphatic carbocycles. The van der Waals surface area contributed by atoms with Crippen LogP contribution >= 0.6 is 0 Å². The summed E-state index contributed by atoms with van der Waals surface area (Å²) in [6.45, 7) is 0.226. The zero-order chi connectivity index (χ0) is 21.8. The average molecular weight is 437 g/mol. The molecule has 3 rings (SSSR count). The van der Waals surface area contributed by atoms with Crippen LogP contribution in [0.1, 0.15) is 23.1 Å². The van der Waals surface area contributed by atoms with E-state index in [0.29, 0.717) is 17.7 Å². The van der Waals surface area contributed by atoms with Gasteiger partial charge in [-0.15, -0.1) is 0 Å². The van der Waals surface area contributed by atoms with Gasteiger partial charge in [0.25, 0.3) is 0 Å². The fraction of sp³-hybridized carbons (Fsp3) is 0.250. The number of halogens is 3. The van der Waals surface area contributed by atoms with Crippen LogP contribution < -0.4 is 5.48 Å². The van der Waals surface area contributed by atoms with Crippen LogP contribution in [0.15, 0.2) is 65.2 Å². The summed E-state index contributed by atoms with van der Waals surface area (Å²) in [4.78, 5) is 5.32. The molecular weight excluding hydrogens is 419 g/mol. The highest BCUT2D eigenvalue weighted by Crippen LogP contribution is 2.29. The number of nitriles is 1. The second-order valence-electron chi connectivity index (χ2n) is 6.57. The van der Waals surface area contributed by atoms with Crippen molar-refractivity contribution >= 4 is 10.0 Å². The summed E-state index contributed by atoms with van der Waals surface area (Å²) < 4.78 is 64.9. The lowest BCUT2D eigenvalue weighted by atomic mass is 10.1. The summed E-state index contributed by atoms with van der Waals surface area (Å²) in [6.07, 6.45) is -2.43. The zero-order valence-corrected chi connectivity index (χ0v) is 16.5. The number of nitrogens with one attached hydrogen (secondary N) is 1. The molecule has 0 spiro atoms. The number of nitrogens with zero attached hydrogens (tertiary/aromatic N) is 2. The van der Waals surface area contributed by atoms with Gasteiger partial charge in [-0.05, 0) is 42.0 Å². The Balaban J connectivity index is 1.57. The van der Waals surface area contributed by atoms with Crippen molar-refractivity contribution in [1.82, 2.24) is 9.79 Å². The van der Waals surface area contributed by atoms with E-state index < -0.39 is 21.8 Å². The Labute approximate surface area is 172 Å². The van der Waals surface area contributed by atoms with Crippen LogP contribution in [0.4, 0.5) is 13.2 Å². The molecule has 6 nitrogen and oxygen atoms in total. The van der Waals surface area contributed by atoms with E-state index in [9.17, 15) is 21.6 Å². The van der Waals surface area contributed by atoms with E-state index in [1.165, 1.54) is 40.7 Å². The summed E-state index contributed by atoms with van der Waals surface area (Å²) >= 11 is 0. The van der Waals surface area contributed by atoms with Crippen LogP contribution in [-0.4, -0.2) is 25.8 Å². The summed E-state index contributed by atoms with van der Waals surface area (Å²) in [7, 11) is -3.74. The third-order valence-electron chi connectivity index (χ3n) is 4.47. The maximum absolute atomic E-state index is 12.7. The Hall–Kier alpha value is -2.87. The SMILES string of the molecule is N#Cc1cccc(S(=O)(=O)N2CC=C(NOCc3cccc(C(F)(F)F)c3)CC2)c1. The maximum Gasteiger partial charge on any atom is 0.416 e. The first kappa shape index (κ1) is 21.8. The number of sulfonamides is 1. The summed E-state index contributed by atoms with van der Waals surface area (Å²) in [5.74, 6) is 0. The molecule has 1 heterocycles. The standard InChI is InChI=1S/C20H18F3N3O3S/c21-20(22,23)17-5-1-4-16(11-17)14-29-25-18-7-9-26(10-8-18)30(27,28)19-6-2-3-15(12-19)13-24/h1-7,11-12,25H,8-10,14H2. The lowest BCUT2D eigenvalue weighted by Crippen LogP contribution is -2.36. The molecule has 0 aromatic heterocycles. The van der Waals surface area contributed by atoms with E-state index in [1.54, 1.807) is 6.08 Å². The highest BCUT2D eigenvalue weighted by molar-refractivity contribution is 7.89. The minimum Gasteiger partial charge on any atom is -0.272 e. The number of hydrogen-bond acceptors (Lipinski definition) is 5. The molecule has 0 bridgehead atoms. The smallest absolute Gasteiger partial charge is 0.272 e. The van der Waals surface area contributed by atoms with E-state index in [2.05, 4.69) is 5.48 Å². The molecule has 2 aromatic rings. The van der Waals surface area contributed by atoms with Crippen LogP contribution in [0.5, 0.6) is 0 Å². The van der Waals surface area contributed by atoms with E-state index in [1.807, 2.05) is 6.07 Å². The van der Waals surface area contributed by atoms with Crippen molar-refractivity contribution in [3.63, 3.8) is 0 Å². The lowest BCUT2D eigenvalue weighted by Gasteiger charge is -2.26. The first-order chi connectivity index (χ1) is 14.2. The number of rotatable bonds is 6. The monoisotopic (exact) mass is 437 g/mol. The molecule has 0 saturated carbocycles. The first-order valence-corrected chi connectivity index (χ1v) is 10.4. The molecule has 158 valence electrons. The second-order valence-corrected chi connectivity index (χ2v) is 8.51. The van der Waals surface area contributed by atoms with Crippen LogP contribution in [0.2, 0.25) is 0 Å². The third-order valence-corrected chi connectivity index (χ3v) is 6.33. The molecular formula is C20H18F3N3O3S. The van der Waals surface area contributed by atoms with Crippen molar-refractivity contribution in [3.8, 4) is 6.07 Å². The normalized spacial score (nSPS) is 15.3. The van der Waals surface area contributed by atoms with Crippen LogP contribution in [-0.2, 0) is 27.6 Å². The van der Waals surface area contributed by atoms with Crippen molar-refractivity contribution in [2.75, 3.05) is 13.1 Å². The second kappa shape index (κ2) is 8.87. The van der Waals surface area contributed by atoms with Gasteiger partial charge in [0.2, 0.25) is 10.0 Å². The zero-order valence-electron chi connectivity index (χ0n) is 15.7. The molecule has 1 aliphatic heterocycles. The van der Waals surface area contributed by atoms with Crippen molar-refractivity contribution < 1.29 is 26.4 Å². The molecule has 0 radical (unpaired) electrons. The molecule has 30 heavy (non-hydrogen) atoms. The van der Waals surface area contributed by atoms with Crippen LogP contribution in [0.3, 0.4) is 0 Å². The number of benzene rings is 2. The average Bonchev–Trinajstić information content (AvgIpc) is 2.74. The minimum atomic E-state index is -4.42. The Morgan fingerprint density at radius 3 is 2.60 bits per heavy atom. The topological polar surface area (TPSA) is 82.4 Å². The quantitative estimate of drug-likeness (QED) is 0.699. The summed E-state index contributed by atoms with van der Waals surface area (Å²) in [5, 5.41) is 8.95. The number of hydroxylamine groups is 1. The summed E-state index contributed by atoms with van der Waals surface area (Å²) in [5.41, 5.74) is 3.18. The van der Waals surface area contributed by atoms with E-state index in [0.717, 1.165) is 12.1 Å². The fourth-order valence-electron chi connectivity index (χ4n) is 2.89. The van der Waals surface area contributed by atoms with Crippen LogP contribution in [0, 0.1) is 11.3 Å². The molecule has 1 aliphatic rings. The van der Waals surface area contributed by atoms with Crippen molar-refractivity contribution in [2.45, 2.75) is 24.1 Å². The fourth-order valence-corrected chi connectivity index (χ4v) is 4.31. The highest BCUT2D eigenvalue weighted by atomic mass is 32.2. The van der Waals surface area contributed by atoms with Gasteiger partial charge in [0.15, 0.2) is 0 Å². The predicted molar refractivity (Wildman–Crippen MR) is 102 cm³/mol. The molecule has 0 amide bonds. The van der Waals surface area contributed by atoms with Crippen molar-refractivity contribution in [3.05, 3.63) is 77.0 Å². The van der Waals surface area contributed by atoms with Gasteiger partial charge in [-0.25, -0.2) is 8.42 Å². The predicted octanol–water partition coefficient (Wildman–Crippen LogP) is 3.58. The van der Waals surface area contributed by atoms with Gasteiger partial charge in [-0.1, -0.05) is 18.2 Å².